The van der Waals surface area contributed by atoms with Crippen molar-refractivity contribution in [3.05, 3.63) is 88.9 Å². The van der Waals surface area contributed by atoms with Crippen LogP contribution in [0.2, 0.25) is 5.02 Å². The zero-order valence-corrected chi connectivity index (χ0v) is 17.1. The number of halogens is 1. The first-order chi connectivity index (χ1) is 14.6. The largest absolute Gasteiger partial charge is 0.365 e. The molecule has 0 saturated carbocycles. The molecule has 0 bridgehead atoms. The molecule has 0 unspecified atom stereocenters. The van der Waals surface area contributed by atoms with Gasteiger partial charge in [0, 0.05) is 35.3 Å². The standard InChI is InChI=1S/C23H20ClN5O/c1-25-23-28-20-8-3-2-7-19(20)21(29-23)26-14-15-9-11-18(12-10-15)27-22(30)16-5-4-6-17(24)13-16/h2-13H,14H2,1H3,(H,27,30)(H2,25,26,28,29). The van der Waals surface area contributed by atoms with Crippen LogP contribution in [0.25, 0.3) is 10.9 Å². The van der Waals surface area contributed by atoms with Crippen molar-refractivity contribution >= 4 is 45.9 Å². The van der Waals surface area contributed by atoms with E-state index in [0.29, 0.717) is 28.8 Å². The van der Waals surface area contributed by atoms with E-state index in [1.807, 2.05) is 48.5 Å². The lowest BCUT2D eigenvalue weighted by Crippen LogP contribution is -2.11. The second-order valence-corrected chi connectivity index (χ2v) is 7.11. The fraction of sp³-hybridized carbons (Fsp3) is 0.0870. The molecule has 0 aliphatic carbocycles. The van der Waals surface area contributed by atoms with Gasteiger partial charge in [-0.3, -0.25) is 4.79 Å². The molecule has 3 N–H and O–H groups in total. The topological polar surface area (TPSA) is 78.9 Å². The van der Waals surface area contributed by atoms with E-state index in [9.17, 15) is 4.79 Å². The molecule has 0 radical (unpaired) electrons. The Hall–Kier alpha value is -3.64. The van der Waals surface area contributed by atoms with Gasteiger partial charge in [0.25, 0.3) is 5.91 Å². The minimum absolute atomic E-state index is 0.199. The summed E-state index contributed by atoms with van der Waals surface area (Å²) in [6.07, 6.45) is 0. The van der Waals surface area contributed by atoms with Crippen molar-refractivity contribution in [1.29, 1.82) is 0 Å². The first kappa shape index (κ1) is 19.7. The minimum Gasteiger partial charge on any atom is -0.365 e. The van der Waals surface area contributed by atoms with Crippen LogP contribution in [0, 0.1) is 0 Å². The smallest absolute Gasteiger partial charge is 0.255 e. The van der Waals surface area contributed by atoms with Crippen molar-refractivity contribution in [3.8, 4) is 0 Å². The van der Waals surface area contributed by atoms with Crippen molar-refractivity contribution in [2.24, 2.45) is 0 Å². The van der Waals surface area contributed by atoms with Crippen LogP contribution in [0.3, 0.4) is 0 Å². The zero-order valence-electron chi connectivity index (χ0n) is 16.3. The van der Waals surface area contributed by atoms with Gasteiger partial charge in [0.05, 0.1) is 5.52 Å². The lowest BCUT2D eigenvalue weighted by molar-refractivity contribution is 0.102. The number of anilines is 3. The predicted molar refractivity (Wildman–Crippen MR) is 122 cm³/mol. The second-order valence-electron chi connectivity index (χ2n) is 6.68. The zero-order chi connectivity index (χ0) is 20.9. The highest BCUT2D eigenvalue weighted by atomic mass is 35.5. The Bertz CT molecular complexity index is 1190. The van der Waals surface area contributed by atoms with Crippen LogP contribution in [-0.2, 0) is 6.54 Å². The van der Waals surface area contributed by atoms with E-state index in [2.05, 4.69) is 25.9 Å². The van der Waals surface area contributed by atoms with Gasteiger partial charge in [0.1, 0.15) is 5.82 Å². The maximum atomic E-state index is 12.3. The number of aromatic nitrogens is 2. The molecule has 4 aromatic rings. The Morgan fingerprint density at radius 1 is 0.967 bits per heavy atom. The van der Waals surface area contributed by atoms with Gasteiger partial charge in [-0.15, -0.1) is 0 Å². The molecular formula is C23H20ClN5O. The van der Waals surface area contributed by atoms with Crippen LogP contribution in [0.1, 0.15) is 15.9 Å². The first-order valence-electron chi connectivity index (χ1n) is 9.46. The van der Waals surface area contributed by atoms with Crippen molar-refractivity contribution < 1.29 is 4.79 Å². The molecule has 30 heavy (non-hydrogen) atoms. The summed E-state index contributed by atoms with van der Waals surface area (Å²) in [5.74, 6) is 1.13. The van der Waals surface area contributed by atoms with E-state index in [0.717, 1.165) is 22.3 Å². The molecule has 1 amide bonds. The number of nitrogens with zero attached hydrogens (tertiary/aromatic N) is 2. The maximum absolute atomic E-state index is 12.3. The molecule has 4 rings (SSSR count). The molecule has 3 aromatic carbocycles. The Morgan fingerprint density at radius 2 is 1.77 bits per heavy atom. The summed E-state index contributed by atoms with van der Waals surface area (Å²) in [5, 5.41) is 10.7. The monoisotopic (exact) mass is 417 g/mol. The highest BCUT2D eigenvalue weighted by molar-refractivity contribution is 6.31. The summed E-state index contributed by atoms with van der Waals surface area (Å²) in [5.41, 5.74) is 3.17. The van der Waals surface area contributed by atoms with Gasteiger partial charge in [-0.1, -0.05) is 41.9 Å². The van der Waals surface area contributed by atoms with Crippen LogP contribution in [0.4, 0.5) is 17.5 Å². The van der Waals surface area contributed by atoms with Crippen molar-refractivity contribution in [1.82, 2.24) is 9.97 Å². The van der Waals surface area contributed by atoms with Gasteiger partial charge >= 0.3 is 0 Å². The Balaban J connectivity index is 1.44. The van der Waals surface area contributed by atoms with Crippen molar-refractivity contribution in [2.45, 2.75) is 6.54 Å². The number of hydrogen-bond donors (Lipinski definition) is 3. The second kappa shape index (κ2) is 8.80. The summed E-state index contributed by atoms with van der Waals surface area (Å²) >= 11 is 5.95. The Kier molecular flexibility index (Phi) is 5.77. The molecule has 0 saturated heterocycles. The van der Waals surface area contributed by atoms with Gasteiger partial charge in [-0.2, -0.15) is 4.98 Å². The summed E-state index contributed by atoms with van der Waals surface area (Å²) < 4.78 is 0. The fourth-order valence-electron chi connectivity index (χ4n) is 3.05. The van der Waals surface area contributed by atoms with E-state index in [-0.39, 0.29) is 5.91 Å². The number of hydrogen-bond acceptors (Lipinski definition) is 5. The third-order valence-electron chi connectivity index (χ3n) is 4.59. The van der Waals surface area contributed by atoms with Crippen LogP contribution in [0.5, 0.6) is 0 Å². The number of carbonyl (C=O) groups is 1. The number of fused-ring (bicyclic) bond motifs is 1. The van der Waals surface area contributed by atoms with Gasteiger partial charge in [-0.05, 0) is 48.0 Å². The average molecular weight is 418 g/mol. The Labute approximate surface area is 179 Å². The highest BCUT2D eigenvalue weighted by Gasteiger charge is 2.08. The third kappa shape index (κ3) is 4.50. The molecule has 1 heterocycles. The molecule has 0 fully saturated rings. The molecule has 0 atom stereocenters. The molecular weight excluding hydrogens is 398 g/mol. The van der Waals surface area contributed by atoms with E-state index in [4.69, 9.17) is 11.6 Å². The predicted octanol–water partition coefficient (Wildman–Crippen LogP) is 5.19. The van der Waals surface area contributed by atoms with Gasteiger partial charge < -0.3 is 16.0 Å². The highest BCUT2D eigenvalue weighted by Crippen LogP contribution is 2.22. The van der Waals surface area contributed by atoms with Crippen molar-refractivity contribution in [3.63, 3.8) is 0 Å². The van der Waals surface area contributed by atoms with E-state index in [1.54, 1.807) is 31.3 Å². The number of rotatable bonds is 6. The van der Waals surface area contributed by atoms with Gasteiger partial charge in [-0.25, -0.2) is 4.98 Å². The quantitative estimate of drug-likeness (QED) is 0.402. The molecule has 0 aliphatic heterocycles. The lowest BCUT2D eigenvalue weighted by Gasteiger charge is -2.11. The normalized spacial score (nSPS) is 10.6. The van der Waals surface area contributed by atoms with Crippen LogP contribution in [0.15, 0.2) is 72.8 Å². The Morgan fingerprint density at radius 3 is 2.53 bits per heavy atom. The van der Waals surface area contributed by atoms with E-state index >= 15 is 0 Å². The summed E-state index contributed by atoms with van der Waals surface area (Å²) in [4.78, 5) is 21.3. The summed E-state index contributed by atoms with van der Waals surface area (Å²) in [6.45, 7) is 0.590. The van der Waals surface area contributed by atoms with Crippen molar-refractivity contribution in [2.75, 3.05) is 23.0 Å². The SMILES string of the molecule is CNc1nc(NCc2ccc(NC(=O)c3cccc(Cl)c3)cc2)c2ccccc2n1. The van der Waals surface area contributed by atoms with Gasteiger partial charge in [0.2, 0.25) is 5.95 Å². The average Bonchev–Trinajstić information content (AvgIpc) is 2.78. The summed E-state index contributed by atoms with van der Waals surface area (Å²) in [6, 6.07) is 22.4. The molecule has 7 heteroatoms. The number of benzene rings is 3. The first-order valence-corrected chi connectivity index (χ1v) is 9.84. The molecule has 1 aromatic heterocycles. The minimum atomic E-state index is -0.199. The molecule has 0 aliphatic rings. The number of nitrogens with one attached hydrogen (secondary N) is 3. The summed E-state index contributed by atoms with van der Waals surface area (Å²) in [7, 11) is 1.80. The third-order valence-corrected chi connectivity index (χ3v) is 4.82. The number of amides is 1. The lowest BCUT2D eigenvalue weighted by atomic mass is 10.1. The molecule has 0 spiro atoms. The maximum Gasteiger partial charge on any atom is 0.255 e. The van der Waals surface area contributed by atoms with E-state index < -0.39 is 0 Å². The van der Waals surface area contributed by atoms with Gasteiger partial charge in [0.15, 0.2) is 0 Å². The van der Waals surface area contributed by atoms with Crippen LogP contribution < -0.4 is 16.0 Å². The van der Waals surface area contributed by atoms with Crippen LogP contribution in [-0.4, -0.2) is 22.9 Å². The van der Waals surface area contributed by atoms with Crippen LogP contribution >= 0.6 is 11.6 Å². The molecule has 150 valence electrons. The fourth-order valence-corrected chi connectivity index (χ4v) is 3.24. The number of para-hydroxylation sites is 1. The number of carbonyl (C=O) groups excluding carboxylic acids is 1. The van der Waals surface area contributed by atoms with E-state index in [1.165, 1.54) is 0 Å². The molecule has 6 nitrogen and oxygen atoms in total.